The molecule has 0 radical (unpaired) electrons. The van der Waals surface area contributed by atoms with E-state index in [1.807, 2.05) is 4.90 Å². The highest BCUT2D eigenvalue weighted by molar-refractivity contribution is 6.31. The Kier molecular flexibility index (Phi) is 8.17. The van der Waals surface area contributed by atoms with Gasteiger partial charge in [0.05, 0.1) is 34.4 Å². The van der Waals surface area contributed by atoms with Gasteiger partial charge in [-0.25, -0.2) is 18.7 Å². The second-order valence-corrected chi connectivity index (χ2v) is 9.69. The van der Waals surface area contributed by atoms with Crippen molar-refractivity contribution in [3.63, 3.8) is 0 Å². The number of hydrogen-bond acceptors (Lipinski definition) is 7. The molecule has 0 bridgehead atoms. The highest BCUT2D eigenvalue weighted by Crippen LogP contribution is 2.30. The van der Waals surface area contributed by atoms with E-state index in [2.05, 4.69) is 9.97 Å². The van der Waals surface area contributed by atoms with Crippen LogP contribution in [0.1, 0.15) is 46.3 Å². The Bertz CT molecular complexity index is 1130. The minimum atomic E-state index is -1.32. The van der Waals surface area contributed by atoms with E-state index in [0.717, 1.165) is 6.07 Å². The van der Waals surface area contributed by atoms with Gasteiger partial charge in [-0.1, -0.05) is 11.6 Å². The Morgan fingerprint density at radius 3 is 2.67 bits per heavy atom. The Morgan fingerprint density at radius 2 is 2.00 bits per heavy atom. The number of carbonyl (C=O) groups excluding carboxylic acids is 1. The molecule has 8 nitrogen and oxygen atoms in total. The van der Waals surface area contributed by atoms with Crippen LogP contribution in [0.25, 0.3) is 0 Å². The zero-order valence-electron chi connectivity index (χ0n) is 20.3. The summed E-state index contributed by atoms with van der Waals surface area (Å²) in [5.74, 6) is -1.09. The number of benzene rings is 1. The maximum atomic E-state index is 14.9. The first-order chi connectivity index (χ1) is 17.2. The van der Waals surface area contributed by atoms with Crippen LogP contribution in [-0.4, -0.2) is 88.1 Å². The number of nitrogens with one attached hydrogen (secondary N) is 1. The van der Waals surface area contributed by atoms with E-state index in [9.17, 15) is 13.6 Å². The third-order valence-corrected chi connectivity index (χ3v) is 7.18. The third kappa shape index (κ3) is 5.66. The average Bonchev–Trinajstić information content (AvgIpc) is 3.23. The fourth-order valence-electron chi connectivity index (χ4n) is 4.67. The number of hydrogen-bond donors (Lipinski definition) is 2. The molecule has 4 rings (SSSR count). The van der Waals surface area contributed by atoms with Crippen molar-refractivity contribution >= 4 is 23.2 Å². The lowest BCUT2D eigenvalue weighted by atomic mass is 10.0. The summed E-state index contributed by atoms with van der Waals surface area (Å²) >= 11 is 6.18. The lowest BCUT2D eigenvalue weighted by Crippen LogP contribution is -2.47. The number of likely N-dealkylation sites (tertiary alicyclic amines) is 2. The molecule has 2 N–H and O–H groups in total. The van der Waals surface area contributed by atoms with Gasteiger partial charge in [0.25, 0.3) is 5.91 Å². The molecule has 1 amide bonds. The Hall–Kier alpha value is -2.69. The molecule has 2 aliphatic rings. The fourth-order valence-corrected chi connectivity index (χ4v) is 4.75. The van der Waals surface area contributed by atoms with Crippen molar-refractivity contribution in [3.05, 3.63) is 51.8 Å². The number of halogens is 3. The molecule has 36 heavy (non-hydrogen) atoms. The molecule has 3 heterocycles. The Morgan fingerprint density at radius 1 is 1.28 bits per heavy atom. The highest BCUT2D eigenvalue weighted by Gasteiger charge is 2.37. The standard InChI is InChI=1S/C25H30ClF2N5O3/c1-14-23(26)15(2)31-24(30-14)18-11-33(13-20(18)29)25(35)17-5-4-16(27)10-22(17)36-21-6-8-32(7-3-9-34)12-19(21)28/h4-5,10,18-19,21,29,34H,3,6-9,11-13H2,1-2H3. The second kappa shape index (κ2) is 11.1. The zero-order chi connectivity index (χ0) is 26.0. The van der Waals surface area contributed by atoms with Crippen molar-refractivity contribution in [3.8, 4) is 5.75 Å². The van der Waals surface area contributed by atoms with Crippen molar-refractivity contribution in [2.45, 2.75) is 44.9 Å². The summed E-state index contributed by atoms with van der Waals surface area (Å²) in [6, 6.07) is 3.60. The van der Waals surface area contributed by atoms with Gasteiger partial charge in [0.15, 0.2) is 0 Å². The van der Waals surface area contributed by atoms with Gasteiger partial charge < -0.3 is 25.1 Å². The van der Waals surface area contributed by atoms with Gasteiger partial charge in [-0.15, -0.1) is 0 Å². The maximum Gasteiger partial charge on any atom is 0.257 e. The molecule has 1 aromatic heterocycles. The first-order valence-corrected chi connectivity index (χ1v) is 12.4. The van der Waals surface area contributed by atoms with Crippen LogP contribution in [-0.2, 0) is 0 Å². The van der Waals surface area contributed by atoms with Gasteiger partial charge in [-0.3, -0.25) is 4.79 Å². The molecule has 0 saturated carbocycles. The Balaban J connectivity index is 1.49. The number of carbonyl (C=O) groups is 1. The van der Waals surface area contributed by atoms with E-state index in [1.54, 1.807) is 13.8 Å². The molecule has 11 heteroatoms. The van der Waals surface area contributed by atoms with Crippen LogP contribution in [0.2, 0.25) is 5.02 Å². The third-order valence-electron chi connectivity index (χ3n) is 6.63. The van der Waals surface area contributed by atoms with E-state index >= 15 is 0 Å². The number of ether oxygens (including phenoxy) is 1. The summed E-state index contributed by atoms with van der Waals surface area (Å²) in [7, 11) is 0. The van der Waals surface area contributed by atoms with Gasteiger partial charge in [0.2, 0.25) is 0 Å². The van der Waals surface area contributed by atoms with Crippen LogP contribution >= 0.6 is 11.6 Å². The zero-order valence-corrected chi connectivity index (χ0v) is 21.1. The van der Waals surface area contributed by atoms with Crippen molar-refractivity contribution in [1.82, 2.24) is 19.8 Å². The lowest BCUT2D eigenvalue weighted by Gasteiger charge is -2.35. The van der Waals surface area contributed by atoms with Crippen molar-refractivity contribution in [2.75, 3.05) is 39.3 Å². The summed E-state index contributed by atoms with van der Waals surface area (Å²) in [6.45, 7) is 5.14. The average molecular weight is 522 g/mol. The van der Waals surface area contributed by atoms with Gasteiger partial charge in [-0.2, -0.15) is 0 Å². The number of amides is 1. The largest absolute Gasteiger partial charge is 0.486 e. The van der Waals surface area contributed by atoms with Crippen LogP contribution in [0.4, 0.5) is 8.78 Å². The first kappa shape index (κ1) is 26.4. The van der Waals surface area contributed by atoms with Crippen LogP contribution in [0.5, 0.6) is 5.75 Å². The topological polar surface area (TPSA) is 103 Å². The highest BCUT2D eigenvalue weighted by atomic mass is 35.5. The molecule has 3 unspecified atom stereocenters. The second-order valence-electron chi connectivity index (χ2n) is 9.31. The Labute approximate surface area is 213 Å². The van der Waals surface area contributed by atoms with E-state index in [4.69, 9.17) is 26.9 Å². The molecule has 3 atom stereocenters. The molecule has 0 spiro atoms. The molecule has 2 saturated heterocycles. The summed E-state index contributed by atoms with van der Waals surface area (Å²) in [6.07, 6.45) is -1.20. The summed E-state index contributed by atoms with van der Waals surface area (Å²) in [4.78, 5) is 25.6. The van der Waals surface area contributed by atoms with E-state index in [1.165, 1.54) is 17.0 Å². The number of nitrogens with zero attached hydrogens (tertiary/aromatic N) is 4. The molecule has 1 aromatic carbocycles. The van der Waals surface area contributed by atoms with E-state index < -0.39 is 29.9 Å². The number of aromatic nitrogens is 2. The van der Waals surface area contributed by atoms with E-state index in [0.29, 0.717) is 48.2 Å². The predicted molar refractivity (Wildman–Crippen MR) is 131 cm³/mol. The van der Waals surface area contributed by atoms with Gasteiger partial charge in [0, 0.05) is 44.6 Å². The molecular formula is C25H30ClF2N5O3. The molecule has 194 valence electrons. The summed E-state index contributed by atoms with van der Waals surface area (Å²) in [5, 5.41) is 17.9. The normalized spacial score (nSPS) is 22.8. The quantitative estimate of drug-likeness (QED) is 0.579. The number of aliphatic hydroxyl groups is 1. The molecule has 2 fully saturated rings. The van der Waals surface area contributed by atoms with Crippen LogP contribution in [0, 0.1) is 25.1 Å². The fraction of sp³-hybridized carbons (Fsp3) is 0.520. The SMILES string of the molecule is Cc1nc(C2CN(C(=O)c3ccc(F)cc3OC3CCN(CCCO)CC3F)CC2=N)nc(C)c1Cl. The van der Waals surface area contributed by atoms with Crippen LogP contribution < -0.4 is 4.74 Å². The minimum Gasteiger partial charge on any atom is -0.486 e. The number of piperidine rings is 1. The summed E-state index contributed by atoms with van der Waals surface area (Å²) in [5.41, 5.74) is 1.61. The number of alkyl halides is 1. The molecule has 0 aliphatic carbocycles. The van der Waals surface area contributed by atoms with Crippen LogP contribution in [0.3, 0.4) is 0 Å². The predicted octanol–water partition coefficient (Wildman–Crippen LogP) is 3.32. The first-order valence-electron chi connectivity index (χ1n) is 12.0. The lowest BCUT2D eigenvalue weighted by molar-refractivity contribution is 0.0193. The summed E-state index contributed by atoms with van der Waals surface area (Å²) < 4.78 is 34.8. The van der Waals surface area contributed by atoms with Crippen molar-refractivity contribution < 1.29 is 23.4 Å². The van der Waals surface area contributed by atoms with Crippen LogP contribution in [0.15, 0.2) is 18.2 Å². The van der Waals surface area contributed by atoms with Crippen molar-refractivity contribution in [1.29, 1.82) is 5.41 Å². The van der Waals surface area contributed by atoms with E-state index in [-0.39, 0.29) is 43.3 Å². The van der Waals surface area contributed by atoms with Gasteiger partial charge >= 0.3 is 0 Å². The number of aryl methyl sites for hydroxylation is 2. The molecular weight excluding hydrogens is 492 g/mol. The van der Waals surface area contributed by atoms with Gasteiger partial charge in [0.1, 0.15) is 29.7 Å². The van der Waals surface area contributed by atoms with Gasteiger partial charge in [-0.05, 0) is 38.8 Å². The molecule has 2 aliphatic heterocycles. The number of rotatable bonds is 7. The monoisotopic (exact) mass is 521 g/mol. The smallest absolute Gasteiger partial charge is 0.257 e. The maximum absolute atomic E-state index is 14.9. The minimum absolute atomic E-state index is 0.0131. The molecule has 2 aromatic rings. The van der Waals surface area contributed by atoms with Crippen molar-refractivity contribution in [2.24, 2.45) is 0 Å². The number of aliphatic hydroxyl groups excluding tert-OH is 1.